The van der Waals surface area contributed by atoms with E-state index in [9.17, 15) is 14.3 Å². The van der Waals surface area contributed by atoms with Crippen LogP contribution in [0.4, 0.5) is 4.39 Å². The van der Waals surface area contributed by atoms with Crippen LogP contribution in [0.3, 0.4) is 0 Å². The van der Waals surface area contributed by atoms with E-state index >= 15 is 0 Å². The second-order valence-corrected chi connectivity index (χ2v) is 11.7. The Morgan fingerprint density at radius 1 is 1.10 bits per heavy atom. The number of rotatable bonds is 10. The van der Waals surface area contributed by atoms with Gasteiger partial charge in [-0.1, -0.05) is 37.6 Å². The molecule has 222 valence electrons. The van der Waals surface area contributed by atoms with Gasteiger partial charge in [0.1, 0.15) is 5.82 Å². The molecule has 3 heterocycles. The van der Waals surface area contributed by atoms with Crippen molar-refractivity contribution in [2.75, 3.05) is 19.6 Å². The van der Waals surface area contributed by atoms with Gasteiger partial charge in [0.05, 0.1) is 17.7 Å². The Kier molecular flexibility index (Phi) is 8.87. The number of halogens is 1. The number of likely N-dealkylation sites (tertiary alicyclic amines) is 1. The number of benzene rings is 2. The minimum atomic E-state index is -0.678. The lowest BCUT2D eigenvalue weighted by Crippen LogP contribution is -2.37. The molecule has 4 aromatic rings. The molecule has 0 spiro atoms. The Balaban J connectivity index is 1.36. The number of aromatic nitrogens is 4. The van der Waals surface area contributed by atoms with Crippen molar-refractivity contribution in [3.05, 3.63) is 65.0 Å². The molecule has 42 heavy (non-hydrogen) atoms. The van der Waals surface area contributed by atoms with E-state index in [1.807, 2.05) is 16.8 Å². The molecule has 2 unspecified atom stereocenters. The first-order valence-electron chi connectivity index (χ1n) is 14.9. The van der Waals surface area contributed by atoms with E-state index in [1.165, 1.54) is 17.7 Å². The topological polar surface area (TPSA) is 97.3 Å². The van der Waals surface area contributed by atoms with E-state index in [2.05, 4.69) is 56.8 Å². The largest absolute Gasteiger partial charge is 0.481 e. The van der Waals surface area contributed by atoms with Crippen LogP contribution in [0.15, 0.2) is 47.0 Å². The first kappa shape index (κ1) is 29.6. The molecule has 1 fully saturated rings. The fourth-order valence-corrected chi connectivity index (χ4v) is 5.89. The maximum atomic E-state index is 14.1. The van der Waals surface area contributed by atoms with Gasteiger partial charge < -0.3 is 14.5 Å². The molecule has 5 rings (SSSR count). The van der Waals surface area contributed by atoms with Gasteiger partial charge in [0.2, 0.25) is 5.82 Å². The van der Waals surface area contributed by atoms with E-state index in [0.29, 0.717) is 36.2 Å². The van der Waals surface area contributed by atoms with E-state index in [4.69, 9.17) is 14.6 Å². The van der Waals surface area contributed by atoms with Crippen LogP contribution in [0.5, 0.6) is 0 Å². The molecule has 1 saturated heterocycles. The number of aryl methyl sites for hydroxylation is 2. The molecular formula is C33H40FN5O3. The molecule has 1 N–H and O–H groups in total. The molecule has 2 aromatic carbocycles. The molecule has 2 atom stereocenters. The Morgan fingerprint density at radius 2 is 1.81 bits per heavy atom. The first-order valence-corrected chi connectivity index (χ1v) is 14.9. The highest BCUT2D eigenvalue weighted by Crippen LogP contribution is 2.33. The van der Waals surface area contributed by atoms with Crippen LogP contribution in [0, 0.1) is 31.5 Å². The van der Waals surface area contributed by atoms with Crippen LogP contribution in [0.1, 0.15) is 62.8 Å². The second-order valence-electron chi connectivity index (χ2n) is 11.7. The Morgan fingerprint density at radius 3 is 2.45 bits per heavy atom. The van der Waals surface area contributed by atoms with Crippen molar-refractivity contribution in [1.82, 2.24) is 24.8 Å². The number of carboxylic acids is 1. The molecule has 0 bridgehead atoms. The van der Waals surface area contributed by atoms with Crippen molar-refractivity contribution in [2.24, 2.45) is 11.8 Å². The van der Waals surface area contributed by atoms with Crippen LogP contribution >= 0.6 is 0 Å². The van der Waals surface area contributed by atoms with Gasteiger partial charge >= 0.3 is 5.97 Å². The zero-order chi connectivity index (χ0) is 30.0. The SMILES string of the molecule is CCC(C)C(C)n1nc(-c2nc(-c3cc(C)c(CCN4CCC(C(=O)O)CC4)c(C)c3)no2)cc1-c1cccc(F)c1. The average molecular weight is 574 g/mol. The molecule has 2 aromatic heterocycles. The zero-order valence-electron chi connectivity index (χ0n) is 25.1. The Bertz CT molecular complexity index is 1530. The summed E-state index contributed by atoms with van der Waals surface area (Å²) in [6, 6.07) is 12.7. The summed E-state index contributed by atoms with van der Waals surface area (Å²) in [7, 11) is 0. The zero-order valence-corrected chi connectivity index (χ0v) is 25.1. The minimum Gasteiger partial charge on any atom is -0.481 e. The van der Waals surface area contributed by atoms with E-state index in [-0.39, 0.29) is 17.8 Å². The van der Waals surface area contributed by atoms with Crippen LogP contribution in [-0.2, 0) is 11.2 Å². The molecule has 0 saturated carbocycles. The van der Waals surface area contributed by atoms with Crippen LogP contribution < -0.4 is 0 Å². The van der Waals surface area contributed by atoms with Gasteiger partial charge in [0.25, 0.3) is 5.89 Å². The number of carbonyl (C=O) groups is 1. The summed E-state index contributed by atoms with van der Waals surface area (Å²) in [6.45, 7) is 13.2. The number of piperidine rings is 1. The van der Waals surface area contributed by atoms with Gasteiger partial charge in [-0.2, -0.15) is 10.1 Å². The normalized spacial score (nSPS) is 16.0. The van der Waals surface area contributed by atoms with Crippen LogP contribution in [0.2, 0.25) is 0 Å². The second kappa shape index (κ2) is 12.6. The summed E-state index contributed by atoms with van der Waals surface area (Å²) in [5.41, 5.74) is 6.61. The number of hydrogen-bond donors (Lipinski definition) is 1. The highest BCUT2D eigenvalue weighted by Gasteiger charge is 2.25. The lowest BCUT2D eigenvalue weighted by atomic mass is 9.94. The predicted molar refractivity (Wildman–Crippen MR) is 160 cm³/mol. The maximum Gasteiger partial charge on any atom is 0.306 e. The molecule has 1 aliphatic rings. The summed E-state index contributed by atoms with van der Waals surface area (Å²) in [5.74, 6) is -0.00649. The van der Waals surface area contributed by atoms with Gasteiger partial charge in [-0.3, -0.25) is 9.48 Å². The van der Waals surface area contributed by atoms with Crippen LogP contribution in [0.25, 0.3) is 34.2 Å². The van der Waals surface area contributed by atoms with Gasteiger partial charge in [0, 0.05) is 17.7 Å². The fraction of sp³-hybridized carbons (Fsp3) is 0.455. The van der Waals surface area contributed by atoms with E-state index in [1.54, 1.807) is 6.07 Å². The molecule has 0 radical (unpaired) electrons. The number of hydrogen-bond acceptors (Lipinski definition) is 6. The van der Waals surface area contributed by atoms with Gasteiger partial charge in [0.15, 0.2) is 5.69 Å². The van der Waals surface area contributed by atoms with Crippen molar-refractivity contribution in [1.29, 1.82) is 0 Å². The Hall–Kier alpha value is -3.85. The fourth-order valence-electron chi connectivity index (χ4n) is 5.89. The number of carboxylic acid groups (broad SMARTS) is 1. The number of nitrogens with zero attached hydrogens (tertiary/aromatic N) is 5. The van der Waals surface area contributed by atoms with Gasteiger partial charge in [-0.25, -0.2) is 4.39 Å². The van der Waals surface area contributed by atoms with Crippen molar-refractivity contribution in [3.8, 4) is 34.2 Å². The smallest absolute Gasteiger partial charge is 0.306 e. The predicted octanol–water partition coefficient (Wildman–Crippen LogP) is 6.97. The van der Waals surface area contributed by atoms with E-state index < -0.39 is 5.97 Å². The highest BCUT2D eigenvalue weighted by molar-refractivity contribution is 5.70. The maximum absolute atomic E-state index is 14.1. The number of aliphatic carboxylic acids is 1. The summed E-state index contributed by atoms with van der Waals surface area (Å²) >= 11 is 0. The molecule has 8 nitrogen and oxygen atoms in total. The van der Waals surface area contributed by atoms with Crippen molar-refractivity contribution < 1.29 is 18.8 Å². The van der Waals surface area contributed by atoms with Crippen LogP contribution in [-0.4, -0.2) is 55.5 Å². The monoisotopic (exact) mass is 573 g/mol. The third-order valence-electron chi connectivity index (χ3n) is 8.92. The van der Waals surface area contributed by atoms with Crippen molar-refractivity contribution in [2.45, 2.75) is 66.3 Å². The lowest BCUT2D eigenvalue weighted by molar-refractivity contribution is -0.143. The third kappa shape index (κ3) is 6.31. The van der Waals surface area contributed by atoms with Gasteiger partial charge in [-0.05, 0) is 106 Å². The molecule has 1 aliphatic heterocycles. The standard InChI is InChI=1S/C33H40FN5O3/c1-6-20(2)23(5)39-30(25-8-7-9-27(34)18-25)19-29(36-39)32-35-31(37-42-32)26-16-21(3)28(22(4)17-26)12-15-38-13-10-24(11-14-38)33(40)41/h7-9,16-20,23-24H,6,10-15H2,1-5H3,(H,40,41). The highest BCUT2D eigenvalue weighted by atomic mass is 19.1. The lowest BCUT2D eigenvalue weighted by Gasteiger charge is -2.30. The molecule has 0 amide bonds. The Labute approximate surface area is 246 Å². The summed E-state index contributed by atoms with van der Waals surface area (Å²) in [5, 5.41) is 18.4. The van der Waals surface area contributed by atoms with E-state index in [0.717, 1.165) is 60.4 Å². The summed E-state index contributed by atoms with van der Waals surface area (Å²) < 4.78 is 21.8. The van der Waals surface area contributed by atoms with Crippen molar-refractivity contribution in [3.63, 3.8) is 0 Å². The first-order chi connectivity index (χ1) is 20.1. The minimum absolute atomic E-state index is 0.0887. The third-order valence-corrected chi connectivity index (χ3v) is 8.92. The molecule has 0 aliphatic carbocycles. The van der Waals surface area contributed by atoms with Crippen molar-refractivity contribution >= 4 is 5.97 Å². The van der Waals surface area contributed by atoms with Gasteiger partial charge in [-0.15, -0.1) is 0 Å². The molecular weight excluding hydrogens is 533 g/mol. The quantitative estimate of drug-likeness (QED) is 0.219. The summed E-state index contributed by atoms with van der Waals surface area (Å²) in [4.78, 5) is 18.3. The molecule has 9 heteroatoms. The average Bonchev–Trinajstić information content (AvgIpc) is 3.64. The summed E-state index contributed by atoms with van der Waals surface area (Å²) in [6.07, 6.45) is 3.32.